The van der Waals surface area contributed by atoms with Crippen LogP contribution in [-0.4, -0.2) is 48.2 Å². The molecular weight excluding hydrogens is 458 g/mol. The standard InChI is InChI=1S/C12H16N4O3S.C10H11N3O/c1-3-8(2)11-14-15-12(19-11)9-6-13-16(7-9)20(17,18)10-4-5-10;1-7(2)9-12-13-10(14-9)8-5-3-4-6-11-8/h6-8,10H,3-5H2,1-2H3;3-7H,1-2H3. The maximum atomic E-state index is 12.0. The number of hydrogen-bond acceptors (Lipinski definition) is 10. The minimum Gasteiger partial charge on any atom is -0.420 e. The Balaban J connectivity index is 0.000000172. The summed E-state index contributed by atoms with van der Waals surface area (Å²) in [5.74, 6) is 2.42. The highest BCUT2D eigenvalue weighted by Crippen LogP contribution is 2.30. The summed E-state index contributed by atoms with van der Waals surface area (Å²) in [5, 5.41) is 19.4. The number of hydrogen-bond donors (Lipinski definition) is 0. The number of nitrogens with zero attached hydrogens (tertiary/aromatic N) is 7. The van der Waals surface area contributed by atoms with Crippen molar-refractivity contribution >= 4 is 10.0 Å². The summed E-state index contributed by atoms with van der Waals surface area (Å²) in [6.45, 7) is 8.05. The molecule has 1 fully saturated rings. The lowest BCUT2D eigenvalue weighted by molar-refractivity contribution is 0.462. The van der Waals surface area contributed by atoms with Gasteiger partial charge in [-0.2, -0.15) is 9.19 Å². The highest BCUT2D eigenvalue weighted by atomic mass is 32.2. The third-order valence-electron chi connectivity index (χ3n) is 5.31. The van der Waals surface area contributed by atoms with E-state index >= 15 is 0 Å². The first-order valence-electron chi connectivity index (χ1n) is 11.2. The zero-order valence-electron chi connectivity index (χ0n) is 19.5. The zero-order valence-corrected chi connectivity index (χ0v) is 20.3. The van der Waals surface area contributed by atoms with Gasteiger partial charge in [-0.25, -0.2) is 8.42 Å². The van der Waals surface area contributed by atoms with Gasteiger partial charge < -0.3 is 8.83 Å². The van der Waals surface area contributed by atoms with Crippen LogP contribution >= 0.6 is 0 Å². The highest BCUT2D eigenvalue weighted by molar-refractivity contribution is 7.90. The predicted octanol–water partition coefficient (Wildman–Crippen LogP) is 4.04. The smallest absolute Gasteiger partial charge is 0.266 e. The van der Waals surface area contributed by atoms with Gasteiger partial charge in [0.2, 0.25) is 11.8 Å². The van der Waals surface area contributed by atoms with Crippen LogP contribution < -0.4 is 0 Å². The van der Waals surface area contributed by atoms with Gasteiger partial charge in [-0.1, -0.05) is 33.8 Å². The Labute approximate surface area is 197 Å². The minimum atomic E-state index is -3.35. The summed E-state index contributed by atoms with van der Waals surface area (Å²) in [7, 11) is -3.35. The molecule has 5 rings (SSSR count). The first-order valence-corrected chi connectivity index (χ1v) is 12.7. The molecule has 0 spiro atoms. The second-order valence-electron chi connectivity index (χ2n) is 8.42. The molecule has 0 saturated heterocycles. The summed E-state index contributed by atoms with van der Waals surface area (Å²) >= 11 is 0. The first kappa shape index (κ1) is 23.7. The van der Waals surface area contributed by atoms with Gasteiger partial charge in [-0.15, -0.1) is 20.4 Å². The summed E-state index contributed by atoms with van der Waals surface area (Å²) in [4.78, 5) is 4.13. The number of aromatic nitrogens is 7. The third kappa shape index (κ3) is 5.22. The minimum absolute atomic E-state index is 0.182. The van der Waals surface area contributed by atoms with E-state index in [-0.39, 0.29) is 17.1 Å². The predicted molar refractivity (Wildman–Crippen MR) is 123 cm³/mol. The van der Waals surface area contributed by atoms with Gasteiger partial charge >= 0.3 is 0 Å². The highest BCUT2D eigenvalue weighted by Gasteiger charge is 2.37. The topological polar surface area (TPSA) is 143 Å². The molecule has 12 heteroatoms. The van der Waals surface area contributed by atoms with Crippen molar-refractivity contribution in [2.75, 3.05) is 0 Å². The molecule has 4 heterocycles. The van der Waals surface area contributed by atoms with Gasteiger partial charge in [0, 0.05) is 18.0 Å². The molecule has 0 bridgehead atoms. The van der Waals surface area contributed by atoms with E-state index in [4.69, 9.17) is 8.83 Å². The summed E-state index contributed by atoms with van der Waals surface area (Å²) in [5.41, 5.74) is 1.24. The van der Waals surface area contributed by atoms with Crippen molar-refractivity contribution in [1.29, 1.82) is 0 Å². The molecule has 1 saturated carbocycles. The van der Waals surface area contributed by atoms with Crippen molar-refractivity contribution in [2.45, 2.75) is 64.0 Å². The molecule has 4 aromatic rings. The molecular formula is C22H27N7O4S. The van der Waals surface area contributed by atoms with E-state index in [2.05, 4.69) is 30.5 Å². The van der Waals surface area contributed by atoms with Crippen molar-refractivity contribution in [1.82, 2.24) is 34.6 Å². The molecule has 0 N–H and O–H groups in total. The Morgan fingerprint density at radius 1 is 1.03 bits per heavy atom. The summed E-state index contributed by atoms with van der Waals surface area (Å²) < 4.78 is 36.1. The Kier molecular flexibility index (Phi) is 6.87. The summed E-state index contributed by atoms with van der Waals surface area (Å²) in [6.07, 6.45) is 6.88. The van der Waals surface area contributed by atoms with Gasteiger partial charge in [0.05, 0.1) is 23.2 Å². The average Bonchev–Trinajstić information content (AvgIpc) is 3.25. The average molecular weight is 486 g/mol. The molecule has 180 valence electrons. The maximum absolute atomic E-state index is 12.0. The molecule has 1 aliphatic carbocycles. The van der Waals surface area contributed by atoms with Crippen LogP contribution in [0.4, 0.5) is 0 Å². The van der Waals surface area contributed by atoms with Crippen LogP contribution in [-0.2, 0) is 10.0 Å². The van der Waals surface area contributed by atoms with Gasteiger partial charge in [0.25, 0.3) is 21.8 Å². The Morgan fingerprint density at radius 3 is 2.35 bits per heavy atom. The fourth-order valence-corrected chi connectivity index (χ4v) is 4.33. The molecule has 0 aromatic carbocycles. The second-order valence-corrected chi connectivity index (χ2v) is 10.5. The Hall–Kier alpha value is -3.41. The third-order valence-corrected chi connectivity index (χ3v) is 7.34. The SMILES string of the molecule is CC(C)c1nnc(-c2ccccn2)o1.CCC(C)c1nnc(-c2cnn(S(=O)(=O)C3CC3)c2)o1. The molecule has 1 aliphatic rings. The molecule has 0 radical (unpaired) electrons. The van der Waals surface area contributed by atoms with Gasteiger partial charge in [-0.3, -0.25) is 4.98 Å². The lowest BCUT2D eigenvalue weighted by Gasteiger charge is -2.00. The fraction of sp³-hybridized carbons (Fsp3) is 0.455. The Bertz CT molecular complexity index is 1320. The van der Waals surface area contributed by atoms with Crippen LogP contribution in [0.2, 0.25) is 0 Å². The van der Waals surface area contributed by atoms with E-state index in [1.165, 1.54) is 12.4 Å². The van der Waals surface area contributed by atoms with E-state index in [0.717, 1.165) is 10.5 Å². The van der Waals surface area contributed by atoms with E-state index in [1.807, 2.05) is 45.9 Å². The maximum Gasteiger partial charge on any atom is 0.266 e. The van der Waals surface area contributed by atoms with Crippen molar-refractivity contribution in [3.05, 3.63) is 48.6 Å². The van der Waals surface area contributed by atoms with Crippen molar-refractivity contribution in [3.8, 4) is 23.0 Å². The van der Waals surface area contributed by atoms with Crippen LogP contribution in [0.15, 0.2) is 45.6 Å². The van der Waals surface area contributed by atoms with Gasteiger partial charge in [0.15, 0.2) is 0 Å². The number of pyridine rings is 1. The monoisotopic (exact) mass is 485 g/mol. The normalized spacial score (nSPS) is 14.6. The second kappa shape index (κ2) is 9.84. The van der Waals surface area contributed by atoms with Crippen LogP contribution in [0.3, 0.4) is 0 Å². The van der Waals surface area contributed by atoms with Crippen LogP contribution in [0.25, 0.3) is 23.0 Å². The van der Waals surface area contributed by atoms with E-state index in [0.29, 0.717) is 47.7 Å². The molecule has 34 heavy (non-hydrogen) atoms. The van der Waals surface area contributed by atoms with Gasteiger partial charge in [0.1, 0.15) is 5.69 Å². The van der Waals surface area contributed by atoms with Crippen LogP contribution in [0.1, 0.15) is 70.6 Å². The molecule has 4 aromatic heterocycles. The summed E-state index contributed by atoms with van der Waals surface area (Å²) in [6, 6.07) is 5.59. The fourth-order valence-electron chi connectivity index (χ4n) is 2.86. The largest absolute Gasteiger partial charge is 0.420 e. The zero-order chi connectivity index (χ0) is 24.3. The number of rotatable bonds is 7. The van der Waals surface area contributed by atoms with E-state index in [1.54, 1.807) is 6.20 Å². The molecule has 1 atom stereocenters. The van der Waals surface area contributed by atoms with Crippen molar-refractivity contribution < 1.29 is 17.3 Å². The molecule has 0 aliphatic heterocycles. The van der Waals surface area contributed by atoms with Crippen molar-refractivity contribution in [3.63, 3.8) is 0 Å². The first-order chi connectivity index (χ1) is 16.3. The molecule has 1 unspecified atom stereocenters. The lowest BCUT2D eigenvalue weighted by Crippen LogP contribution is -2.17. The quantitative estimate of drug-likeness (QED) is 0.376. The molecule has 0 amide bonds. The van der Waals surface area contributed by atoms with E-state index in [9.17, 15) is 8.42 Å². The van der Waals surface area contributed by atoms with Crippen molar-refractivity contribution in [2.24, 2.45) is 0 Å². The van der Waals surface area contributed by atoms with E-state index < -0.39 is 10.0 Å². The van der Waals surface area contributed by atoms with Crippen LogP contribution in [0, 0.1) is 0 Å². The molecule has 11 nitrogen and oxygen atoms in total. The lowest BCUT2D eigenvalue weighted by atomic mass is 10.1. The van der Waals surface area contributed by atoms with Crippen LogP contribution in [0.5, 0.6) is 0 Å². The van der Waals surface area contributed by atoms with Gasteiger partial charge in [-0.05, 0) is 31.4 Å². The Morgan fingerprint density at radius 2 is 1.74 bits per heavy atom.